The maximum absolute atomic E-state index is 11.8. The summed E-state index contributed by atoms with van der Waals surface area (Å²) < 4.78 is 5.91. The van der Waals surface area contributed by atoms with E-state index < -0.39 is 0 Å². The van der Waals surface area contributed by atoms with E-state index in [4.69, 9.17) is 5.84 Å². The number of nitrogen functional groups attached to an aromatic ring is 1. The summed E-state index contributed by atoms with van der Waals surface area (Å²) in [7, 11) is 1.34. The van der Waals surface area contributed by atoms with Crippen molar-refractivity contribution >= 4 is 23.6 Å². The monoisotopic (exact) mass is 363 g/mol. The number of rotatable bonds is 8. The van der Waals surface area contributed by atoms with E-state index in [-0.39, 0.29) is 24.1 Å². The van der Waals surface area contributed by atoms with Crippen molar-refractivity contribution in [1.82, 2.24) is 20.2 Å². The number of aryl methyl sites for hydroxylation is 1. The number of hydrogen-bond donors (Lipinski definition) is 2. The molecule has 8 nitrogen and oxygen atoms in total. The number of carbonyl (C=O) groups is 2. The van der Waals surface area contributed by atoms with Crippen LogP contribution in [0.2, 0.25) is 0 Å². The van der Waals surface area contributed by atoms with E-state index in [1.807, 2.05) is 31.2 Å². The number of nitrogens with two attached hydrogens (primary N) is 1. The molecule has 0 aliphatic heterocycles. The molecule has 0 fully saturated rings. The summed E-state index contributed by atoms with van der Waals surface area (Å²) in [5.41, 5.74) is 2.00. The third-order valence-electron chi connectivity index (χ3n) is 3.41. The zero-order chi connectivity index (χ0) is 18.2. The third kappa shape index (κ3) is 5.49. The largest absolute Gasteiger partial charge is 0.469 e. The first-order valence-electron chi connectivity index (χ1n) is 7.75. The molecule has 134 valence electrons. The van der Waals surface area contributed by atoms with Crippen LogP contribution in [0.15, 0.2) is 29.4 Å². The summed E-state index contributed by atoms with van der Waals surface area (Å²) in [6, 6.07) is 7.79. The number of aromatic nitrogens is 3. The van der Waals surface area contributed by atoms with Gasteiger partial charge in [0.25, 0.3) is 0 Å². The fourth-order valence-electron chi connectivity index (χ4n) is 2.02. The summed E-state index contributed by atoms with van der Waals surface area (Å²) in [5, 5.41) is 11.3. The van der Waals surface area contributed by atoms with Gasteiger partial charge in [-0.2, -0.15) is 0 Å². The Kier molecular flexibility index (Phi) is 6.81. The molecule has 0 spiro atoms. The molecule has 0 radical (unpaired) electrons. The summed E-state index contributed by atoms with van der Waals surface area (Å²) in [5.74, 6) is 6.28. The summed E-state index contributed by atoms with van der Waals surface area (Å²) in [6.45, 7) is 2.42. The molecule has 2 aromatic rings. The van der Waals surface area contributed by atoms with Gasteiger partial charge < -0.3 is 15.9 Å². The van der Waals surface area contributed by atoms with Crippen LogP contribution in [0, 0.1) is 6.92 Å². The maximum atomic E-state index is 11.8. The lowest BCUT2D eigenvalue weighted by atomic mass is 10.1. The van der Waals surface area contributed by atoms with Crippen molar-refractivity contribution in [3.05, 3.63) is 29.8 Å². The van der Waals surface area contributed by atoms with Gasteiger partial charge >= 0.3 is 5.97 Å². The van der Waals surface area contributed by atoms with Crippen LogP contribution in [0.5, 0.6) is 0 Å². The van der Waals surface area contributed by atoms with E-state index in [1.54, 1.807) is 0 Å². The number of ether oxygens (including phenoxy) is 1. The molecular weight excluding hydrogens is 342 g/mol. The number of nitrogens with zero attached hydrogens (tertiary/aromatic N) is 3. The molecule has 25 heavy (non-hydrogen) atoms. The van der Waals surface area contributed by atoms with E-state index in [2.05, 4.69) is 20.3 Å². The van der Waals surface area contributed by atoms with Crippen LogP contribution >= 0.6 is 11.8 Å². The third-order valence-corrected chi connectivity index (χ3v) is 4.36. The van der Waals surface area contributed by atoms with Gasteiger partial charge in [-0.1, -0.05) is 41.6 Å². The predicted molar refractivity (Wildman–Crippen MR) is 95.3 cm³/mol. The van der Waals surface area contributed by atoms with Crippen molar-refractivity contribution in [2.75, 3.05) is 25.3 Å². The van der Waals surface area contributed by atoms with Crippen molar-refractivity contribution in [2.24, 2.45) is 0 Å². The minimum atomic E-state index is -0.288. The highest BCUT2D eigenvalue weighted by Gasteiger charge is 2.13. The van der Waals surface area contributed by atoms with Gasteiger partial charge in [0.2, 0.25) is 11.1 Å². The van der Waals surface area contributed by atoms with Crippen LogP contribution in [-0.4, -0.2) is 46.2 Å². The van der Waals surface area contributed by atoms with Crippen LogP contribution in [0.1, 0.15) is 18.4 Å². The first-order valence-corrected chi connectivity index (χ1v) is 8.73. The summed E-state index contributed by atoms with van der Waals surface area (Å²) in [4.78, 5) is 22.8. The Hall–Kier alpha value is -2.55. The number of amides is 1. The normalized spacial score (nSPS) is 10.5. The van der Waals surface area contributed by atoms with Crippen molar-refractivity contribution in [2.45, 2.75) is 24.9 Å². The fourth-order valence-corrected chi connectivity index (χ4v) is 2.71. The molecule has 1 aromatic heterocycles. The minimum absolute atomic E-state index is 0.158. The predicted octanol–water partition coefficient (Wildman–Crippen LogP) is 1.13. The Morgan fingerprint density at radius 1 is 1.28 bits per heavy atom. The van der Waals surface area contributed by atoms with Crippen LogP contribution in [-0.2, 0) is 14.3 Å². The van der Waals surface area contributed by atoms with Gasteiger partial charge in [0.15, 0.2) is 5.82 Å². The molecule has 0 saturated carbocycles. The average molecular weight is 363 g/mol. The molecule has 0 atom stereocenters. The van der Waals surface area contributed by atoms with Gasteiger partial charge in [-0.05, 0) is 13.3 Å². The average Bonchev–Trinajstić information content (AvgIpc) is 2.98. The van der Waals surface area contributed by atoms with Crippen LogP contribution < -0.4 is 11.2 Å². The van der Waals surface area contributed by atoms with Crippen molar-refractivity contribution in [1.29, 1.82) is 0 Å². The topological polar surface area (TPSA) is 112 Å². The van der Waals surface area contributed by atoms with Crippen molar-refractivity contribution in [3.63, 3.8) is 0 Å². The second-order valence-corrected chi connectivity index (χ2v) is 6.30. The van der Waals surface area contributed by atoms with Crippen LogP contribution in [0.4, 0.5) is 0 Å². The molecule has 9 heteroatoms. The van der Waals surface area contributed by atoms with Gasteiger partial charge in [-0.25, -0.2) is 4.68 Å². The number of nitrogens with one attached hydrogen (secondary N) is 1. The van der Waals surface area contributed by atoms with Gasteiger partial charge in [0.05, 0.1) is 12.9 Å². The smallest absolute Gasteiger partial charge is 0.305 e. The highest BCUT2D eigenvalue weighted by atomic mass is 32.2. The quantitative estimate of drug-likeness (QED) is 0.313. The Balaban J connectivity index is 1.82. The standard InChI is InChI=1S/C16H21N5O3S/c1-11-5-7-12(8-6-11)15-19-20-16(21(15)17)25-10-13(22)18-9-3-4-14(23)24-2/h5-8H,3-4,9-10,17H2,1-2H3,(H,18,22). The first-order chi connectivity index (χ1) is 12.0. The lowest BCUT2D eigenvalue weighted by molar-refractivity contribution is -0.140. The SMILES string of the molecule is COC(=O)CCCNC(=O)CSc1nnc(-c2ccc(C)cc2)n1N. The number of benzene rings is 1. The molecule has 0 unspecified atom stereocenters. The highest BCUT2D eigenvalue weighted by Crippen LogP contribution is 2.21. The molecule has 0 bridgehead atoms. The van der Waals surface area contributed by atoms with E-state index in [1.165, 1.54) is 23.5 Å². The number of hydrogen-bond acceptors (Lipinski definition) is 7. The first kappa shape index (κ1) is 18.8. The number of thioether (sulfide) groups is 1. The minimum Gasteiger partial charge on any atom is -0.469 e. The van der Waals surface area contributed by atoms with Gasteiger partial charge in [-0.15, -0.1) is 10.2 Å². The summed E-state index contributed by atoms with van der Waals surface area (Å²) >= 11 is 1.20. The lowest BCUT2D eigenvalue weighted by Gasteiger charge is -2.05. The Bertz CT molecular complexity index is 730. The number of methoxy groups -OCH3 is 1. The molecule has 2 rings (SSSR count). The molecule has 0 aliphatic rings. The second kappa shape index (κ2) is 9.07. The molecule has 1 heterocycles. The maximum Gasteiger partial charge on any atom is 0.305 e. The van der Waals surface area contributed by atoms with Crippen LogP contribution in [0.25, 0.3) is 11.4 Å². The Morgan fingerprint density at radius 3 is 2.68 bits per heavy atom. The molecule has 1 amide bonds. The Morgan fingerprint density at radius 2 is 2.00 bits per heavy atom. The highest BCUT2D eigenvalue weighted by molar-refractivity contribution is 7.99. The van der Waals surface area contributed by atoms with E-state index in [0.29, 0.717) is 23.9 Å². The van der Waals surface area contributed by atoms with Crippen LogP contribution in [0.3, 0.4) is 0 Å². The van der Waals surface area contributed by atoms with Crippen molar-refractivity contribution < 1.29 is 14.3 Å². The molecule has 0 saturated heterocycles. The zero-order valence-electron chi connectivity index (χ0n) is 14.2. The molecule has 1 aromatic carbocycles. The van der Waals surface area contributed by atoms with Gasteiger partial charge in [0.1, 0.15) is 0 Å². The molecular formula is C16H21N5O3S. The number of esters is 1. The van der Waals surface area contributed by atoms with Crippen molar-refractivity contribution in [3.8, 4) is 11.4 Å². The number of carbonyl (C=O) groups excluding carboxylic acids is 2. The molecule has 0 aliphatic carbocycles. The lowest BCUT2D eigenvalue weighted by Crippen LogP contribution is -2.27. The summed E-state index contributed by atoms with van der Waals surface area (Å²) in [6.07, 6.45) is 0.814. The fraction of sp³-hybridized carbons (Fsp3) is 0.375. The van der Waals surface area contributed by atoms with E-state index >= 15 is 0 Å². The van der Waals surface area contributed by atoms with Gasteiger partial charge in [0, 0.05) is 18.5 Å². The van der Waals surface area contributed by atoms with E-state index in [0.717, 1.165) is 11.1 Å². The van der Waals surface area contributed by atoms with Gasteiger partial charge in [-0.3, -0.25) is 9.59 Å². The van der Waals surface area contributed by atoms with E-state index in [9.17, 15) is 9.59 Å². The Labute approximate surface area is 150 Å². The molecule has 3 N–H and O–H groups in total. The zero-order valence-corrected chi connectivity index (χ0v) is 15.0. The second-order valence-electron chi connectivity index (χ2n) is 5.36.